The van der Waals surface area contributed by atoms with E-state index in [2.05, 4.69) is 21.2 Å². The highest BCUT2D eigenvalue weighted by atomic mass is 79.9. The third-order valence-corrected chi connectivity index (χ3v) is 7.60. The van der Waals surface area contributed by atoms with Crippen molar-refractivity contribution in [1.82, 2.24) is 4.31 Å². The fraction of sp³-hybridized carbons (Fsp3) is 0.263. The largest absolute Gasteiger partial charge is 0.478 e. The molecule has 0 aromatic heterocycles. The molecule has 0 aliphatic rings. The van der Waals surface area contributed by atoms with Gasteiger partial charge in [0.15, 0.2) is 0 Å². The summed E-state index contributed by atoms with van der Waals surface area (Å²) in [5.41, 5.74) is 0.769. The van der Waals surface area contributed by atoms with E-state index in [9.17, 15) is 23.1 Å². The Morgan fingerprint density at radius 3 is 2.32 bits per heavy atom. The molecule has 2 rings (SSSR count). The van der Waals surface area contributed by atoms with E-state index in [-0.39, 0.29) is 21.7 Å². The smallest absolute Gasteiger partial charge is 0.337 e. The normalized spacial score (nSPS) is 11.5. The van der Waals surface area contributed by atoms with Crippen molar-refractivity contribution in [2.24, 2.45) is 0 Å². The van der Waals surface area contributed by atoms with Gasteiger partial charge >= 0.3 is 5.97 Å². The number of carboxylic acid groups (broad SMARTS) is 1. The number of para-hydroxylation sites is 1. The van der Waals surface area contributed by atoms with Gasteiger partial charge in [-0.05, 0) is 52.7 Å². The van der Waals surface area contributed by atoms with Crippen molar-refractivity contribution >= 4 is 43.5 Å². The van der Waals surface area contributed by atoms with Gasteiger partial charge < -0.3 is 10.4 Å². The molecule has 150 valence electrons. The first-order valence-electron chi connectivity index (χ1n) is 8.57. The Labute approximate surface area is 172 Å². The van der Waals surface area contributed by atoms with Gasteiger partial charge in [0.2, 0.25) is 10.0 Å². The summed E-state index contributed by atoms with van der Waals surface area (Å²) in [6, 6.07) is 8.85. The molecule has 0 spiro atoms. The quantitative estimate of drug-likeness (QED) is 0.643. The molecule has 2 N–H and O–H groups in total. The van der Waals surface area contributed by atoms with Crippen LogP contribution in [0.5, 0.6) is 0 Å². The van der Waals surface area contributed by atoms with E-state index < -0.39 is 21.9 Å². The molecule has 1 amide bonds. The summed E-state index contributed by atoms with van der Waals surface area (Å²) < 4.78 is 27.6. The number of halogens is 1. The third-order valence-electron chi connectivity index (χ3n) is 4.21. The van der Waals surface area contributed by atoms with E-state index in [1.54, 1.807) is 39.0 Å². The number of rotatable bonds is 7. The van der Waals surface area contributed by atoms with Crippen LogP contribution in [0.2, 0.25) is 0 Å². The topological polar surface area (TPSA) is 104 Å². The van der Waals surface area contributed by atoms with E-state index >= 15 is 0 Å². The Hall–Kier alpha value is -2.23. The molecule has 0 aliphatic heterocycles. The number of hydrogen-bond acceptors (Lipinski definition) is 4. The van der Waals surface area contributed by atoms with Crippen LogP contribution in [-0.4, -0.2) is 42.8 Å². The van der Waals surface area contributed by atoms with Gasteiger partial charge in [-0.2, -0.15) is 4.31 Å². The van der Waals surface area contributed by atoms with Crippen LogP contribution >= 0.6 is 15.9 Å². The molecule has 0 heterocycles. The SMILES string of the molecule is CCN(CC)S(=O)(=O)c1cc(C(=O)Nc2ccccc2C(=O)O)cc(C)c1Br. The van der Waals surface area contributed by atoms with Crippen molar-refractivity contribution < 1.29 is 23.1 Å². The number of carboxylic acids is 1. The van der Waals surface area contributed by atoms with Gasteiger partial charge in [0, 0.05) is 23.1 Å². The first kappa shape index (κ1) is 22.1. The van der Waals surface area contributed by atoms with Crippen molar-refractivity contribution in [2.75, 3.05) is 18.4 Å². The Morgan fingerprint density at radius 2 is 1.75 bits per heavy atom. The number of aryl methyl sites for hydroxylation is 1. The zero-order chi connectivity index (χ0) is 21.1. The molecule has 28 heavy (non-hydrogen) atoms. The molecule has 0 saturated heterocycles. The van der Waals surface area contributed by atoms with E-state index in [1.807, 2.05) is 0 Å². The predicted molar refractivity (Wildman–Crippen MR) is 110 cm³/mol. The number of aromatic carboxylic acids is 1. The molecule has 2 aromatic carbocycles. The van der Waals surface area contributed by atoms with Crippen LogP contribution in [0.4, 0.5) is 5.69 Å². The summed E-state index contributed by atoms with van der Waals surface area (Å²) in [6.07, 6.45) is 0. The van der Waals surface area contributed by atoms with Crippen molar-refractivity contribution in [1.29, 1.82) is 0 Å². The minimum atomic E-state index is -3.79. The summed E-state index contributed by atoms with van der Waals surface area (Å²) in [5, 5.41) is 11.8. The minimum Gasteiger partial charge on any atom is -0.478 e. The van der Waals surface area contributed by atoms with E-state index in [0.29, 0.717) is 23.1 Å². The van der Waals surface area contributed by atoms with Crippen LogP contribution in [-0.2, 0) is 10.0 Å². The first-order chi connectivity index (χ1) is 13.1. The zero-order valence-electron chi connectivity index (χ0n) is 15.7. The van der Waals surface area contributed by atoms with Crippen LogP contribution in [0.3, 0.4) is 0 Å². The number of carbonyl (C=O) groups is 2. The Bertz CT molecular complexity index is 1020. The molecule has 0 unspecified atom stereocenters. The van der Waals surface area contributed by atoms with Crippen LogP contribution < -0.4 is 5.32 Å². The summed E-state index contributed by atoms with van der Waals surface area (Å²) in [4.78, 5) is 24.0. The molecule has 0 fully saturated rings. The van der Waals surface area contributed by atoms with Gasteiger partial charge in [-0.25, -0.2) is 13.2 Å². The van der Waals surface area contributed by atoms with Gasteiger partial charge in [0.25, 0.3) is 5.91 Å². The maximum atomic E-state index is 12.9. The highest BCUT2D eigenvalue weighted by molar-refractivity contribution is 9.10. The van der Waals surface area contributed by atoms with Crippen LogP contribution in [0.15, 0.2) is 45.8 Å². The number of anilines is 1. The van der Waals surface area contributed by atoms with Gasteiger partial charge in [-0.15, -0.1) is 0 Å². The molecule has 0 bridgehead atoms. The summed E-state index contributed by atoms with van der Waals surface area (Å²) in [5.74, 6) is -1.77. The average Bonchev–Trinajstić information content (AvgIpc) is 2.64. The number of sulfonamides is 1. The fourth-order valence-electron chi connectivity index (χ4n) is 2.73. The number of nitrogens with one attached hydrogen (secondary N) is 1. The number of hydrogen-bond donors (Lipinski definition) is 2. The average molecular weight is 469 g/mol. The van der Waals surface area contributed by atoms with Crippen LogP contribution in [0.25, 0.3) is 0 Å². The lowest BCUT2D eigenvalue weighted by atomic mass is 10.1. The standard InChI is InChI=1S/C19H21BrN2O5S/c1-4-22(5-2)28(26,27)16-11-13(10-12(3)17(16)20)18(23)21-15-9-7-6-8-14(15)19(24)25/h6-11H,4-5H2,1-3H3,(H,21,23)(H,24,25). The Morgan fingerprint density at radius 1 is 1.14 bits per heavy atom. The lowest BCUT2D eigenvalue weighted by molar-refractivity contribution is 0.0698. The Balaban J connectivity index is 2.50. The van der Waals surface area contributed by atoms with Gasteiger partial charge in [0.05, 0.1) is 16.1 Å². The second-order valence-electron chi connectivity index (χ2n) is 6.00. The summed E-state index contributed by atoms with van der Waals surface area (Å²) in [7, 11) is -3.79. The molecule has 0 atom stereocenters. The molecule has 0 saturated carbocycles. The van der Waals surface area contributed by atoms with E-state index in [0.717, 1.165) is 0 Å². The number of nitrogens with zero attached hydrogens (tertiary/aromatic N) is 1. The molecular weight excluding hydrogens is 448 g/mol. The molecule has 0 radical (unpaired) electrons. The van der Waals surface area contributed by atoms with Crippen LogP contribution in [0.1, 0.15) is 40.1 Å². The van der Waals surface area contributed by atoms with Crippen molar-refractivity contribution in [3.63, 3.8) is 0 Å². The lowest BCUT2D eigenvalue weighted by Gasteiger charge is -2.20. The maximum Gasteiger partial charge on any atom is 0.337 e. The van der Waals surface area contributed by atoms with E-state index in [1.165, 1.54) is 22.5 Å². The highest BCUT2D eigenvalue weighted by Gasteiger charge is 2.27. The predicted octanol–water partition coefficient (Wildman–Crippen LogP) is 3.74. The third kappa shape index (κ3) is 4.43. The molecule has 2 aromatic rings. The molecule has 0 aliphatic carbocycles. The van der Waals surface area contributed by atoms with Gasteiger partial charge in [0.1, 0.15) is 0 Å². The minimum absolute atomic E-state index is 0.00660. The lowest BCUT2D eigenvalue weighted by Crippen LogP contribution is -2.31. The zero-order valence-corrected chi connectivity index (χ0v) is 18.1. The highest BCUT2D eigenvalue weighted by Crippen LogP contribution is 2.30. The first-order valence-corrected chi connectivity index (χ1v) is 10.8. The second-order valence-corrected chi connectivity index (χ2v) is 8.70. The second kappa shape index (κ2) is 8.85. The summed E-state index contributed by atoms with van der Waals surface area (Å²) >= 11 is 3.31. The summed E-state index contributed by atoms with van der Waals surface area (Å²) in [6.45, 7) is 5.76. The van der Waals surface area contributed by atoms with Gasteiger partial charge in [-0.1, -0.05) is 26.0 Å². The van der Waals surface area contributed by atoms with E-state index in [4.69, 9.17) is 0 Å². The number of carbonyl (C=O) groups excluding carboxylic acids is 1. The molecule has 7 nitrogen and oxygen atoms in total. The molecule has 9 heteroatoms. The fourth-order valence-corrected chi connectivity index (χ4v) is 5.20. The monoisotopic (exact) mass is 468 g/mol. The number of amides is 1. The molecular formula is C19H21BrN2O5S. The number of benzene rings is 2. The van der Waals surface area contributed by atoms with Gasteiger partial charge in [-0.3, -0.25) is 4.79 Å². The maximum absolute atomic E-state index is 12.9. The van der Waals surface area contributed by atoms with Crippen molar-refractivity contribution in [2.45, 2.75) is 25.7 Å². The Kier molecular flexibility index (Phi) is 6.97. The van der Waals surface area contributed by atoms with Crippen LogP contribution in [0, 0.1) is 6.92 Å². The van der Waals surface area contributed by atoms with Crippen molar-refractivity contribution in [3.8, 4) is 0 Å². The van der Waals surface area contributed by atoms with Crippen molar-refractivity contribution in [3.05, 3.63) is 57.6 Å².